The van der Waals surface area contributed by atoms with Gasteiger partial charge in [0.15, 0.2) is 0 Å². The molecule has 1 unspecified atom stereocenters. The van der Waals surface area contributed by atoms with Crippen molar-refractivity contribution in [3.05, 3.63) is 28.3 Å². The highest BCUT2D eigenvalue weighted by molar-refractivity contribution is 6.32. The molecule has 0 spiro atoms. The molecule has 2 rings (SSSR count). The van der Waals surface area contributed by atoms with E-state index in [-0.39, 0.29) is 0 Å². The van der Waals surface area contributed by atoms with Gasteiger partial charge in [-0.3, -0.25) is 0 Å². The standard InChI is InChI=1S/C17H25ClO/c1-4-6-8-17(7-5-2)11-13-9-15(18)16(19-3)10-14(13)12-17/h9-10H,4-8,11-12H2,1-3H3. The van der Waals surface area contributed by atoms with E-state index in [9.17, 15) is 0 Å². The van der Waals surface area contributed by atoms with Crippen LogP contribution in [0.15, 0.2) is 12.1 Å². The largest absolute Gasteiger partial charge is 0.495 e. The van der Waals surface area contributed by atoms with Gasteiger partial charge in [0.1, 0.15) is 5.75 Å². The lowest BCUT2D eigenvalue weighted by Crippen LogP contribution is -2.21. The lowest BCUT2D eigenvalue weighted by atomic mass is 9.76. The molecule has 0 saturated carbocycles. The quantitative estimate of drug-likeness (QED) is 0.676. The van der Waals surface area contributed by atoms with E-state index in [0.717, 1.165) is 10.8 Å². The van der Waals surface area contributed by atoms with Crippen LogP contribution in [-0.2, 0) is 12.8 Å². The van der Waals surface area contributed by atoms with Crippen molar-refractivity contribution >= 4 is 11.6 Å². The van der Waals surface area contributed by atoms with E-state index in [2.05, 4.69) is 26.0 Å². The highest BCUT2D eigenvalue weighted by atomic mass is 35.5. The van der Waals surface area contributed by atoms with Gasteiger partial charge < -0.3 is 4.74 Å². The van der Waals surface area contributed by atoms with Gasteiger partial charge in [-0.2, -0.15) is 0 Å². The van der Waals surface area contributed by atoms with Gasteiger partial charge in [-0.1, -0.05) is 44.7 Å². The van der Waals surface area contributed by atoms with Crippen molar-refractivity contribution in [1.29, 1.82) is 0 Å². The monoisotopic (exact) mass is 280 g/mol. The van der Waals surface area contributed by atoms with Gasteiger partial charge >= 0.3 is 0 Å². The Morgan fingerprint density at radius 3 is 2.37 bits per heavy atom. The third-order valence-corrected chi connectivity index (χ3v) is 4.74. The summed E-state index contributed by atoms with van der Waals surface area (Å²) in [5, 5.41) is 0.754. The molecule has 0 radical (unpaired) electrons. The fraction of sp³-hybridized carbons (Fsp3) is 0.647. The third-order valence-electron chi connectivity index (χ3n) is 4.45. The molecule has 106 valence electrons. The number of halogens is 1. The maximum Gasteiger partial charge on any atom is 0.137 e. The Kier molecular flexibility index (Phi) is 4.78. The molecule has 0 amide bonds. The second kappa shape index (κ2) is 6.17. The molecule has 2 heteroatoms. The Labute approximate surface area is 122 Å². The molecule has 1 nitrogen and oxygen atoms in total. The summed E-state index contributed by atoms with van der Waals surface area (Å²) >= 11 is 6.26. The lowest BCUT2D eigenvalue weighted by Gasteiger charge is -2.28. The predicted octanol–water partition coefficient (Wildman–Crippen LogP) is 5.42. The highest BCUT2D eigenvalue weighted by Gasteiger charge is 2.36. The number of rotatable bonds is 6. The van der Waals surface area contributed by atoms with Gasteiger partial charge in [0.25, 0.3) is 0 Å². The van der Waals surface area contributed by atoms with Crippen molar-refractivity contribution < 1.29 is 4.74 Å². The third kappa shape index (κ3) is 3.08. The van der Waals surface area contributed by atoms with Crippen molar-refractivity contribution in [2.75, 3.05) is 7.11 Å². The topological polar surface area (TPSA) is 9.23 Å². The molecule has 1 aromatic rings. The molecule has 0 aliphatic heterocycles. The first-order chi connectivity index (χ1) is 9.14. The molecule has 1 aliphatic rings. The van der Waals surface area contributed by atoms with Crippen molar-refractivity contribution in [2.45, 2.75) is 58.8 Å². The average Bonchev–Trinajstić information content (AvgIpc) is 2.73. The second-order valence-corrected chi connectivity index (χ2v) is 6.37. The molecular formula is C17H25ClO. The van der Waals surface area contributed by atoms with E-state index in [0.29, 0.717) is 5.41 Å². The molecule has 0 bridgehead atoms. The van der Waals surface area contributed by atoms with E-state index in [1.807, 2.05) is 0 Å². The smallest absolute Gasteiger partial charge is 0.137 e. The fourth-order valence-electron chi connectivity index (χ4n) is 3.55. The van der Waals surface area contributed by atoms with Gasteiger partial charge in [0.05, 0.1) is 12.1 Å². The molecule has 0 aromatic heterocycles. The lowest BCUT2D eigenvalue weighted by molar-refractivity contribution is 0.245. The number of hydrogen-bond acceptors (Lipinski definition) is 1. The first-order valence-electron chi connectivity index (χ1n) is 7.49. The molecule has 1 atom stereocenters. The molecule has 0 heterocycles. The summed E-state index contributed by atoms with van der Waals surface area (Å²) in [5.41, 5.74) is 3.36. The van der Waals surface area contributed by atoms with Crippen LogP contribution in [0, 0.1) is 5.41 Å². The van der Waals surface area contributed by atoms with Gasteiger partial charge in [-0.05, 0) is 54.4 Å². The van der Waals surface area contributed by atoms with Gasteiger partial charge in [0.2, 0.25) is 0 Å². The molecule has 0 saturated heterocycles. The average molecular weight is 281 g/mol. The number of benzene rings is 1. The minimum atomic E-state index is 0.475. The van der Waals surface area contributed by atoms with Crippen molar-refractivity contribution in [1.82, 2.24) is 0 Å². The van der Waals surface area contributed by atoms with E-state index in [1.54, 1.807) is 7.11 Å². The summed E-state index contributed by atoms with van der Waals surface area (Å²) < 4.78 is 5.35. The van der Waals surface area contributed by atoms with Crippen LogP contribution in [0.25, 0.3) is 0 Å². The Bertz CT molecular complexity index is 441. The van der Waals surface area contributed by atoms with Crippen LogP contribution in [0.2, 0.25) is 5.02 Å². The minimum absolute atomic E-state index is 0.475. The number of ether oxygens (including phenoxy) is 1. The van der Waals surface area contributed by atoms with E-state index in [4.69, 9.17) is 16.3 Å². The number of methoxy groups -OCH3 is 1. The van der Waals surface area contributed by atoms with Crippen LogP contribution >= 0.6 is 11.6 Å². The molecule has 19 heavy (non-hydrogen) atoms. The molecular weight excluding hydrogens is 256 g/mol. The Hall–Kier alpha value is -0.690. The number of hydrogen-bond donors (Lipinski definition) is 0. The SMILES string of the molecule is CCCCC1(CCC)Cc2cc(Cl)c(OC)cc2C1. The van der Waals surface area contributed by atoms with Crippen LogP contribution in [0.5, 0.6) is 5.75 Å². The summed E-state index contributed by atoms with van der Waals surface area (Å²) in [5.74, 6) is 0.822. The zero-order chi connectivity index (χ0) is 13.9. The van der Waals surface area contributed by atoms with Gasteiger partial charge in [-0.25, -0.2) is 0 Å². The first kappa shape index (κ1) is 14.7. The number of fused-ring (bicyclic) bond motifs is 1. The van der Waals surface area contributed by atoms with E-state index < -0.39 is 0 Å². The summed E-state index contributed by atoms with van der Waals surface area (Å²) in [6.45, 7) is 4.58. The molecule has 1 aromatic carbocycles. The summed E-state index contributed by atoms with van der Waals surface area (Å²) in [4.78, 5) is 0. The van der Waals surface area contributed by atoms with Crippen LogP contribution in [0.3, 0.4) is 0 Å². The zero-order valence-corrected chi connectivity index (χ0v) is 13.1. The van der Waals surface area contributed by atoms with Gasteiger partial charge in [-0.15, -0.1) is 0 Å². The highest BCUT2D eigenvalue weighted by Crippen LogP contribution is 2.46. The maximum absolute atomic E-state index is 6.26. The van der Waals surface area contributed by atoms with E-state index in [1.165, 1.54) is 56.1 Å². The summed E-state index contributed by atoms with van der Waals surface area (Å²) in [6.07, 6.45) is 8.93. The van der Waals surface area contributed by atoms with Crippen molar-refractivity contribution in [3.8, 4) is 5.75 Å². The molecule has 0 N–H and O–H groups in total. The zero-order valence-electron chi connectivity index (χ0n) is 12.4. The Morgan fingerprint density at radius 2 is 1.79 bits per heavy atom. The predicted molar refractivity (Wildman–Crippen MR) is 82.3 cm³/mol. The van der Waals surface area contributed by atoms with Crippen LogP contribution in [0.4, 0.5) is 0 Å². The maximum atomic E-state index is 6.26. The van der Waals surface area contributed by atoms with Crippen molar-refractivity contribution in [3.63, 3.8) is 0 Å². The van der Waals surface area contributed by atoms with E-state index >= 15 is 0 Å². The Balaban J connectivity index is 2.24. The van der Waals surface area contributed by atoms with Crippen molar-refractivity contribution in [2.24, 2.45) is 5.41 Å². The van der Waals surface area contributed by atoms with Crippen LogP contribution in [0.1, 0.15) is 57.1 Å². The minimum Gasteiger partial charge on any atom is -0.495 e. The molecule has 0 fully saturated rings. The van der Waals surface area contributed by atoms with Crippen LogP contribution < -0.4 is 4.74 Å². The second-order valence-electron chi connectivity index (χ2n) is 5.96. The first-order valence-corrected chi connectivity index (χ1v) is 7.87. The van der Waals surface area contributed by atoms with Crippen LogP contribution in [-0.4, -0.2) is 7.11 Å². The fourth-order valence-corrected chi connectivity index (χ4v) is 3.82. The number of unbranched alkanes of at least 4 members (excludes halogenated alkanes) is 1. The normalized spacial score (nSPS) is 21.5. The van der Waals surface area contributed by atoms with Gasteiger partial charge in [0, 0.05) is 0 Å². The molecule has 1 aliphatic carbocycles. The summed E-state index contributed by atoms with van der Waals surface area (Å²) in [7, 11) is 1.69. The summed E-state index contributed by atoms with van der Waals surface area (Å²) in [6, 6.07) is 4.28. The Morgan fingerprint density at radius 1 is 1.11 bits per heavy atom.